The molecule has 0 fully saturated rings. The Morgan fingerprint density at radius 2 is 2.00 bits per heavy atom. The van der Waals surface area contributed by atoms with Gasteiger partial charge in [0.25, 0.3) is 5.91 Å². The molecule has 2 aromatic rings. The van der Waals surface area contributed by atoms with Crippen LogP contribution in [0.25, 0.3) is 0 Å². The normalized spacial score (nSPS) is 11.4. The maximum absolute atomic E-state index is 12.7. The van der Waals surface area contributed by atoms with Crippen molar-refractivity contribution in [3.63, 3.8) is 0 Å². The predicted molar refractivity (Wildman–Crippen MR) is 67.3 cm³/mol. The first-order valence-electron chi connectivity index (χ1n) is 5.61. The predicted octanol–water partition coefficient (Wildman–Crippen LogP) is 3.44. The quantitative estimate of drug-likeness (QED) is 0.830. The number of amides is 1. The van der Waals surface area contributed by atoms with Crippen molar-refractivity contribution in [1.29, 1.82) is 0 Å². The van der Waals surface area contributed by atoms with Crippen LogP contribution in [0.4, 0.5) is 24.5 Å². The first-order valence-corrected chi connectivity index (χ1v) is 5.61. The number of hydrogen-bond acceptors (Lipinski definition) is 3. The fourth-order valence-corrected chi connectivity index (χ4v) is 1.67. The number of furan rings is 1. The van der Waals surface area contributed by atoms with Gasteiger partial charge < -0.3 is 15.5 Å². The number of nitrogens with one attached hydrogen (secondary N) is 1. The van der Waals surface area contributed by atoms with Crippen molar-refractivity contribution >= 4 is 17.3 Å². The van der Waals surface area contributed by atoms with Crippen molar-refractivity contribution in [2.45, 2.75) is 13.1 Å². The number of anilines is 2. The zero-order valence-electron chi connectivity index (χ0n) is 10.4. The first-order chi connectivity index (χ1) is 9.29. The average Bonchev–Trinajstić information content (AvgIpc) is 2.76. The van der Waals surface area contributed by atoms with Crippen LogP contribution in [0.2, 0.25) is 0 Å². The molecule has 3 N–H and O–H groups in total. The summed E-state index contributed by atoms with van der Waals surface area (Å²) >= 11 is 0. The summed E-state index contributed by atoms with van der Waals surface area (Å²) in [5, 5.41) is 2.34. The molecule has 0 saturated heterocycles. The van der Waals surface area contributed by atoms with Gasteiger partial charge in [0.1, 0.15) is 0 Å². The van der Waals surface area contributed by atoms with Gasteiger partial charge in [0.2, 0.25) is 0 Å². The highest BCUT2D eigenvalue weighted by atomic mass is 19.4. The van der Waals surface area contributed by atoms with Crippen LogP contribution in [-0.2, 0) is 6.18 Å². The molecular formula is C13H11F3N2O2. The Labute approximate surface area is 112 Å². The van der Waals surface area contributed by atoms with Crippen LogP contribution in [0.3, 0.4) is 0 Å². The van der Waals surface area contributed by atoms with Crippen molar-refractivity contribution in [2.75, 3.05) is 11.1 Å². The number of nitrogens with two attached hydrogens (primary N) is 1. The Balaban J connectivity index is 2.27. The molecule has 1 aromatic heterocycles. The number of nitrogen functional groups attached to an aromatic ring is 1. The Morgan fingerprint density at radius 3 is 2.55 bits per heavy atom. The Bertz CT molecular complexity index is 647. The molecule has 4 nitrogen and oxygen atoms in total. The number of carbonyl (C=O) groups excluding carboxylic acids is 1. The lowest BCUT2D eigenvalue weighted by molar-refractivity contribution is -0.136. The van der Waals surface area contributed by atoms with Gasteiger partial charge in [-0.25, -0.2) is 0 Å². The Hall–Kier alpha value is -2.44. The van der Waals surface area contributed by atoms with Crippen molar-refractivity contribution < 1.29 is 22.4 Å². The summed E-state index contributed by atoms with van der Waals surface area (Å²) in [5.41, 5.74) is 4.47. The van der Waals surface area contributed by atoms with E-state index in [4.69, 9.17) is 10.2 Å². The molecular weight excluding hydrogens is 273 g/mol. The first kappa shape index (κ1) is 14.0. The van der Waals surface area contributed by atoms with E-state index in [9.17, 15) is 18.0 Å². The van der Waals surface area contributed by atoms with Crippen LogP contribution in [0.1, 0.15) is 21.7 Å². The summed E-state index contributed by atoms with van der Waals surface area (Å²) < 4.78 is 43.0. The minimum atomic E-state index is -4.58. The lowest BCUT2D eigenvalue weighted by atomic mass is 10.1. The van der Waals surface area contributed by atoms with Gasteiger partial charge in [0.05, 0.1) is 11.8 Å². The minimum Gasteiger partial charge on any atom is -0.459 e. The number of benzene rings is 1. The van der Waals surface area contributed by atoms with E-state index in [2.05, 4.69) is 5.32 Å². The standard InChI is InChI=1S/C13H11F3N2O2/c1-7-4-5-20-11(7)12(19)18-8-2-3-10(17)9(6-8)13(14,15)16/h2-6H,17H2,1H3,(H,18,19). The highest BCUT2D eigenvalue weighted by molar-refractivity contribution is 6.03. The summed E-state index contributed by atoms with van der Waals surface area (Å²) in [7, 11) is 0. The molecule has 0 aliphatic carbocycles. The van der Waals surface area contributed by atoms with E-state index in [1.807, 2.05) is 0 Å². The van der Waals surface area contributed by atoms with E-state index in [0.29, 0.717) is 5.56 Å². The van der Waals surface area contributed by atoms with Crippen LogP contribution in [0.5, 0.6) is 0 Å². The number of alkyl halides is 3. The lowest BCUT2D eigenvalue weighted by Gasteiger charge is -2.12. The van der Waals surface area contributed by atoms with E-state index in [0.717, 1.165) is 12.1 Å². The molecule has 2 rings (SSSR count). The molecule has 0 aliphatic heterocycles. The molecule has 20 heavy (non-hydrogen) atoms. The third-order valence-corrected chi connectivity index (χ3v) is 2.68. The molecule has 106 valence electrons. The molecule has 0 spiro atoms. The smallest absolute Gasteiger partial charge is 0.418 e. The van der Waals surface area contributed by atoms with Crippen LogP contribution >= 0.6 is 0 Å². The van der Waals surface area contributed by atoms with Gasteiger partial charge in [0.15, 0.2) is 5.76 Å². The summed E-state index contributed by atoms with van der Waals surface area (Å²) in [5.74, 6) is -0.569. The second kappa shape index (κ2) is 4.92. The van der Waals surface area contributed by atoms with Gasteiger partial charge in [-0.15, -0.1) is 0 Å². The van der Waals surface area contributed by atoms with Gasteiger partial charge in [-0.2, -0.15) is 13.2 Å². The zero-order chi connectivity index (χ0) is 14.9. The number of rotatable bonds is 2. The summed E-state index contributed by atoms with van der Waals surface area (Å²) in [4.78, 5) is 11.8. The van der Waals surface area contributed by atoms with E-state index in [-0.39, 0.29) is 11.4 Å². The third kappa shape index (κ3) is 2.76. The van der Waals surface area contributed by atoms with Gasteiger partial charge in [-0.3, -0.25) is 4.79 Å². The molecule has 0 atom stereocenters. The zero-order valence-corrected chi connectivity index (χ0v) is 10.4. The highest BCUT2D eigenvalue weighted by Gasteiger charge is 2.33. The topological polar surface area (TPSA) is 68.3 Å². The largest absolute Gasteiger partial charge is 0.459 e. The van der Waals surface area contributed by atoms with E-state index >= 15 is 0 Å². The van der Waals surface area contributed by atoms with E-state index in [1.54, 1.807) is 13.0 Å². The van der Waals surface area contributed by atoms with Crippen molar-refractivity contribution in [3.05, 3.63) is 47.4 Å². The number of carbonyl (C=O) groups is 1. The number of hydrogen-bond donors (Lipinski definition) is 2. The number of halogens is 3. The third-order valence-electron chi connectivity index (χ3n) is 2.68. The lowest BCUT2D eigenvalue weighted by Crippen LogP contribution is -2.14. The number of aryl methyl sites for hydroxylation is 1. The fraction of sp³-hybridized carbons (Fsp3) is 0.154. The second-order valence-electron chi connectivity index (χ2n) is 4.19. The van der Waals surface area contributed by atoms with Gasteiger partial charge >= 0.3 is 6.18 Å². The summed E-state index contributed by atoms with van der Waals surface area (Å²) in [6, 6.07) is 4.75. The molecule has 0 radical (unpaired) electrons. The van der Waals surface area contributed by atoms with E-state index in [1.165, 1.54) is 12.3 Å². The average molecular weight is 284 g/mol. The molecule has 7 heteroatoms. The maximum Gasteiger partial charge on any atom is 0.418 e. The second-order valence-corrected chi connectivity index (χ2v) is 4.19. The summed E-state index contributed by atoms with van der Waals surface area (Å²) in [6.45, 7) is 1.66. The molecule has 0 unspecified atom stereocenters. The molecule has 1 aromatic carbocycles. The Morgan fingerprint density at radius 1 is 1.30 bits per heavy atom. The van der Waals surface area contributed by atoms with E-state index < -0.39 is 23.3 Å². The molecule has 0 bridgehead atoms. The van der Waals surface area contributed by atoms with Gasteiger partial charge in [0, 0.05) is 16.9 Å². The van der Waals surface area contributed by atoms with Gasteiger partial charge in [-0.1, -0.05) is 0 Å². The minimum absolute atomic E-state index is 0.00711. The fourth-order valence-electron chi connectivity index (χ4n) is 1.67. The molecule has 0 aliphatic rings. The van der Waals surface area contributed by atoms with Crippen molar-refractivity contribution in [3.8, 4) is 0 Å². The Kier molecular flexibility index (Phi) is 3.44. The SMILES string of the molecule is Cc1ccoc1C(=O)Nc1ccc(N)c(C(F)(F)F)c1. The molecule has 1 heterocycles. The van der Waals surface area contributed by atoms with Crippen LogP contribution in [-0.4, -0.2) is 5.91 Å². The maximum atomic E-state index is 12.7. The molecule has 1 amide bonds. The van der Waals surface area contributed by atoms with Crippen LogP contribution in [0, 0.1) is 6.92 Å². The van der Waals surface area contributed by atoms with Crippen molar-refractivity contribution in [1.82, 2.24) is 0 Å². The van der Waals surface area contributed by atoms with Crippen LogP contribution in [0.15, 0.2) is 34.9 Å². The van der Waals surface area contributed by atoms with Crippen molar-refractivity contribution in [2.24, 2.45) is 0 Å². The van der Waals surface area contributed by atoms with Gasteiger partial charge in [-0.05, 0) is 31.2 Å². The monoisotopic (exact) mass is 284 g/mol. The molecule has 0 saturated carbocycles. The van der Waals surface area contributed by atoms with Crippen LogP contribution < -0.4 is 11.1 Å². The highest BCUT2D eigenvalue weighted by Crippen LogP contribution is 2.35. The summed E-state index contributed by atoms with van der Waals surface area (Å²) in [6.07, 6.45) is -3.25.